The van der Waals surface area contributed by atoms with Crippen molar-refractivity contribution in [3.8, 4) is 0 Å². The Morgan fingerprint density at radius 1 is 1.04 bits per heavy atom. The fourth-order valence-electron chi connectivity index (χ4n) is 3.72. The van der Waals surface area contributed by atoms with Crippen LogP contribution in [0.25, 0.3) is 0 Å². The number of carbonyl (C=O) groups is 1. The molecule has 0 aliphatic carbocycles. The number of hydrogen-bond donors (Lipinski definition) is 0. The van der Waals surface area contributed by atoms with Crippen LogP contribution >= 0.6 is 0 Å². The van der Waals surface area contributed by atoms with Gasteiger partial charge in [0.2, 0.25) is 0 Å². The molecule has 1 aliphatic heterocycles. The molecule has 1 heterocycles. The van der Waals surface area contributed by atoms with E-state index in [9.17, 15) is 18.0 Å². The van der Waals surface area contributed by atoms with E-state index in [0.717, 1.165) is 49.5 Å². The monoisotopic (exact) mass is 375 g/mol. The minimum Gasteiger partial charge on any atom is -0.306 e. The second-order valence-electron chi connectivity index (χ2n) is 7.41. The zero-order valence-electron chi connectivity index (χ0n) is 15.4. The minimum atomic E-state index is -4.53. The maximum absolute atomic E-state index is 13.1. The van der Waals surface area contributed by atoms with E-state index < -0.39 is 17.5 Å². The number of piperidine rings is 1. The molecule has 1 saturated heterocycles. The van der Waals surface area contributed by atoms with Crippen LogP contribution in [0.2, 0.25) is 0 Å². The number of likely N-dealkylation sites (tertiary alicyclic amines) is 1. The van der Waals surface area contributed by atoms with Crippen LogP contribution in [0.3, 0.4) is 0 Å². The van der Waals surface area contributed by atoms with E-state index in [-0.39, 0.29) is 12.0 Å². The topological polar surface area (TPSA) is 20.3 Å². The predicted octanol–water partition coefficient (Wildman–Crippen LogP) is 5.02. The van der Waals surface area contributed by atoms with Crippen molar-refractivity contribution in [2.24, 2.45) is 5.92 Å². The number of alkyl halides is 3. The third-order valence-corrected chi connectivity index (χ3v) is 5.25. The van der Waals surface area contributed by atoms with Gasteiger partial charge >= 0.3 is 6.18 Å². The van der Waals surface area contributed by atoms with E-state index >= 15 is 0 Å². The number of carbonyl (C=O) groups excluding carboxylic acids is 1. The van der Waals surface area contributed by atoms with Crippen LogP contribution in [-0.2, 0) is 19.0 Å². The first-order chi connectivity index (χ1) is 12.8. The lowest BCUT2D eigenvalue weighted by atomic mass is 9.89. The van der Waals surface area contributed by atoms with Gasteiger partial charge in [-0.05, 0) is 62.5 Å². The number of Topliss-reactive ketones (excluding diaryl/α,β-unsaturated/α-hetero) is 1. The maximum Gasteiger partial charge on any atom is 0.417 e. The van der Waals surface area contributed by atoms with Gasteiger partial charge in [-0.15, -0.1) is 0 Å². The van der Waals surface area contributed by atoms with Gasteiger partial charge in [-0.25, -0.2) is 0 Å². The van der Waals surface area contributed by atoms with E-state index in [0.29, 0.717) is 5.92 Å². The molecule has 144 valence electrons. The highest BCUT2D eigenvalue weighted by Crippen LogP contribution is 2.32. The smallest absolute Gasteiger partial charge is 0.306 e. The molecule has 0 radical (unpaired) electrons. The van der Waals surface area contributed by atoms with Crippen molar-refractivity contribution in [2.75, 3.05) is 20.1 Å². The lowest BCUT2D eigenvalue weighted by Crippen LogP contribution is -2.30. The molecule has 3 rings (SSSR count). The zero-order valence-corrected chi connectivity index (χ0v) is 15.4. The first-order valence-corrected chi connectivity index (χ1v) is 9.28. The third-order valence-electron chi connectivity index (χ3n) is 5.25. The summed E-state index contributed by atoms with van der Waals surface area (Å²) in [5, 5.41) is 0. The minimum absolute atomic E-state index is 0.0195. The van der Waals surface area contributed by atoms with Crippen LogP contribution in [0.4, 0.5) is 13.2 Å². The van der Waals surface area contributed by atoms with Gasteiger partial charge in [0.05, 0.1) is 5.56 Å². The molecule has 1 aliphatic rings. The van der Waals surface area contributed by atoms with Crippen molar-refractivity contribution in [3.05, 3.63) is 70.8 Å². The van der Waals surface area contributed by atoms with Crippen LogP contribution < -0.4 is 0 Å². The van der Waals surface area contributed by atoms with Gasteiger partial charge < -0.3 is 4.90 Å². The molecule has 27 heavy (non-hydrogen) atoms. The second-order valence-corrected chi connectivity index (χ2v) is 7.41. The molecule has 2 aromatic rings. The SMILES string of the molecule is CN1CCC(Cc2cccc(CC(=O)c3ccccc3C(F)(F)F)c2)CC1. The Balaban J connectivity index is 1.71. The predicted molar refractivity (Wildman–Crippen MR) is 99.8 cm³/mol. The molecule has 0 atom stereocenters. The summed E-state index contributed by atoms with van der Waals surface area (Å²) >= 11 is 0. The quantitative estimate of drug-likeness (QED) is 0.685. The molecule has 0 spiro atoms. The Labute approximate surface area is 158 Å². The van der Waals surface area contributed by atoms with E-state index in [1.807, 2.05) is 24.3 Å². The van der Waals surface area contributed by atoms with Gasteiger partial charge in [-0.3, -0.25) is 4.79 Å². The number of ketones is 1. The Hall–Kier alpha value is -2.14. The average Bonchev–Trinajstić information content (AvgIpc) is 2.63. The Morgan fingerprint density at radius 2 is 1.70 bits per heavy atom. The Kier molecular flexibility index (Phi) is 6.00. The van der Waals surface area contributed by atoms with Crippen molar-refractivity contribution in [2.45, 2.75) is 31.9 Å². The van der Waals surface area contributed by atoms with Gasteiger partial charge in [0, 0.05) is 12.0 Å². The molecule has 5 heteroatoms. The summed E-state index contributed by atoms with van der Waals surface area (Å²) in [4.78, 5) is 14.8. The van der Waals surface area contributed by atoms with E-state index in [1.165, 1.54) is 18.2 Å². The molecular formula is C22H24F3NO. The maximum atomic E-state index is 13.1. The molecule has 2 nitrogen and oxygen atoms in total. The second kappa shape index (κ2) is 8.26. The standard InChI is InChI=1S/C22H24F3NO/c1-26-11-9-16(10-12-26)13-17-5-4-6-18(14-17)15-21(27)19-7-2-3-8-20(19)22(23,24)25/h2-8,14,16H,9-13,15H2,1H3. The zero-order chi connectivity index (χ0) is 19.4. The van der Waals surface area contributed by atoms with E-state index in [4.69, 9.17) is 0 Å². The molecular weight excluding hydrogens is 351 g/mol. The lowest BCUT2D eigenvalue weighted by molar-refractivity contribution is -0.137. The van der Waals surface area contributed by atoms with Crippen LogP contribution in [-0.4, -0.2) is 30.8 Å². The lowest BCUT2D eigenvalue weighted by Gasteiger charge is -2.29. The summed E-state index contributed by atoms with van der Waals surface area (Å²) in [6.07, 6.45) is -1.29. The summed E-state index contributed by atoms with van der Waals surface area (Å²) < 4.78 is 39.4. The molecule has 0 amide bonds. The largest absolute Gasteiger partial charge is 0.417 e. The van der Waals surface area contributed by atoms with Crippen molar-refractivity contribution in [1.82, 2.24) is 4.90 Å². The van der Waals surface area contributed by atoms with Crippen LogP contribution in [0.1, 0.15) is 39.9 Å². The van der Waals surface area contributed by atoms with Crippen molar-refractivity contribution < 1.29 is 18.0 Å². The van der Waals surface area contributed by atoms with Gasteiger partial charge in [-0.2, -0.15) is 13.2 Å². The van der Waals surface area contributed by atoms with E-state index in [1.54, 1.807) is 0 Å². The number of hydrogen-bond acceptors (Lipinski definition) is 2. The molecule has 2 aromatic carbocycles. The van der Waals surface area contributed by atoms with Crippen molar-refractivity contribution >= 4 is 5.78 Å². The summed E-state index contributed by atoms with van der Waals surface area (Å²) in [5.74, 6) is 0.123. The number of rotatable bonds is 5. The van der Waals surface area contributed by atoms with Crippen LogP contribution in [0.15, 0.2) is 48.5 Å². The first-order valence-electron chi connectivity index (χ1n) is 9.28. The normalized spacial score (nSPS) is 16.4. The molecule has 1 fully saturated rings. The number of benzene rings is 2. The summed E-state index contributed by atoms with van der Waals surface area (Å²) in [6.45, 7) is 2.19. The molecule has 0 saturated carbocycles. The van der Waals surface area contributed by atoms with Crippen molar-refractivity contribution in [1.29, 1.82) is 0 Å². The number of nitrogens with zero attached hydrogens (tertiary/aromatic N) is 1. The summed E-state index contributed by atoms with van der Waals surface area (Å²) in [6, 6.07) is 12.7. The summed E-state index contributed by atoms with van der Waals surface area (Å²) in [7, 11) is 2.13. The van der Waals surface area contributed by atoms with Gasteiger partial charge in [-0.1, -0.05) is 42.5 Å². The Bertz CT molecular complexity index is 792. The van der Waals surface area contributed by atoms with Gasteiger partial charge in [0.15, 0.2) is 5.78 Å². The third kappa shape index (κ3) is 5.19. The molecule has 0 N–H and O–H groups in total. The van der Waals surface area contributed by atoms with Crippen LogP contribution in [0, 0.1) is 5.92 Å². The fourth-order valence-corrected chi connectivity index (χ4v) is 3.72. The Morgan fingerprint density at radius 3 is 2.41 bits per heavy atom. The molecule has 0 aromatic heterocycles. The molecule has 0 bridgehead atoms. The highest BCUT2D eigenvalue weighted by molar-refractivity contribution is 5.99. The average molecular weight is 375 g/mol. The highest BCUT2D eigenvalue weighted by Gasteiger charge is 2.34. The van der Waals surface area contributed by atoms with E-state index in [2.05, 4.69) is 11.9 Å². The summed E-state index contributed by atoms with van der Waals surface area (Å²) in [5.41, 5.74) is 0.796. The van der Waals surface area contributed by atoms with Crippen molar-refractivity contribution in [3.63, 3.8) is 0 Å². The fraction of sp³-hybridized carbons (Fsp3) is 0.409. The number of halogens is 3. The highest BCUT2D eigenvalue weighted by atomic mass is 19.4. The van der Waals surface area contributed by atoms with Crippen LogP contribution in [0.5, 0.6) is 0 Å². The molecule has 0 unspecified atom stereocenters. The first kappa shape index (κ1) is 19.6. The van der Waals surface area contributed by atoms with Gasteiger partial charge in [0.1, 0.15) is 0 Å². The van der Waals surface area contributed by atoms with Gasteiger partial charge in [0.25, 0.3) is 0 Å².